The summed E-state index contributed by atoms with van der Waals surface area (Å²) >= 11 is 0. The lowest BCUT2D eigenvalue weighted by Crippen LogP contribution is -2.31. The average Bonchev–Trinajstić information content (AvgIpc) is 2.85. The molecule has 0 amide bonds. The zero-order valence-corrected chi connectivity index (χ0v) is 11.0. The Morgan fingerprint density at radius 1 is 1.20 bits per heavy atom. The number of hydrogen-bond acceptors (Lipinski definition) is 6. The van der Waals surface area contributed by atoms with Crippen molar-refractivity contribution in [1.82, 2.24) is 10.3 Å². The van der Waals surface area contributed by atoms with E-state index in [4.69, 9.17) is 5.73 Å². The Kier molecular flexibility index (Phi) is 3.37. The van der Waals surface area contributed by atoms with E-state index >= 15 is 0 Å². The molecule has 2 aromatic rings. The third kappa shape index (κ3) is 2.64. The van der Waals surface area contributed by atoms with Gasteiger partial charge >= 0.3 is 0 Å². The number of nitrogen functional groups attached to an aromatic ring is 1. The largest absolute Gasteiger partial charge is 0.378 e. The van der Waals surface area contributed by atoms with Crippen molar-refractivity contribution in [1.29, 1.82) is 0 Å². The minimum absolute atomic E-state index is 0.00987. The van der Waals surface area contributed by atoms with Crippen LogP contribution in [0.15, 0.2) is 35.0 Å². The lowest BCUT2D eigenvalue weighted by Gasteiger charge is -2.29. The van der Waals surface area contributed by atoms with Crippen LogP contribution in [0.2, 0.25) is 0 Å². The maximum absolute atomic E-state index is 11.9. The van der Waals surface area contributed by atoms with Gasteiger partial charge in [0, 0.05) is 18.9 Å². The third-order valence-corrected chi connectivity index (χ3v) is 3.64. The Balaban J connectivity index is 1.74. The molecule has 1 aromatic heterocycles. The molecule has 0 unspecified atom stereocenters. The lowest BCUT2D eigenvalue weighted by molar-refractivity contribution is -0.120. The molecule has 1 aromatic carbocycles. The van der Waals surface area contributed by atoms with E-state index in [-0.39, 0.29) is 23.6 Å². The van der Waals surface area contributed by atoms with Gasteiger partial charge in [0.05, 0.1) is 0 Å². The minimum Gasteiger partial charge on any atom is -0.378 e. The number of nitrogens with zero attached hydrogens (tertiary/aromatic N) is 2. The van der Waals surface area contributed by atoms with Gasteiger partial charge < -0.3 is 11.1 Å². The SMILES string of the molecule is Nc1nonc1N[C@H]1CC(=O)C[C@@H](c2ccccc2)C1. The van der Waals surface area contributed by atoms with Crippen LogP contribution in [-0.2, 0) is 4.79 Å². The fourth-order valence-electron chi connectivity index (χ4n) is 2.72. The number of aromatic nitrogens is 2. The molecule has 1 saturated carbocycles. The summed E-state index contributed by atoms with van der Waals surface area (Å²) in [6, 6.07) is 10.1. The number of Topliss-reactive ketones (excluding diaryl/α,β-unsaturated/α-hetero) is 1. The summed E-state index contributed by atoms with van der Waals surface area (Å²) in [4.78, 5) is 11.9. The fourth-order valence-corrected chi connectivity index (χ4v) is 2.72. The summed E-state index contributed by atoms with van der Waals surface area (Å²) in [5.41, 5.74) is 6.82. The molecule has 0 saturated heterocycles. The Hall–Kier alpha value is -2.37. The van der Waals surface area contributed by atoms with Gasteiger partial charge in [0.1, 0.15) is 5.78 Å². The van der Waals surface area contributed by atoms with Crippen LogP contribution in [0, 0.1) is 0 Å². The Bertz CT molecular complexity index is 596. The van der Waals surface area contributed by atoms with E-state index in [1.54, 1.807) is 0 Å². The zero-order valence-electron chi connectivity index (χ0n) is 11.0. The predicted molar refractivity (Wildman–Crippen MR) is 74.2 cm³/mol. The van der Waals surface area contributed by atoms with E-state index in [0.29, 0.717) is 18.7 Å². The maximum Gasteiger partial charge on any atom is 0.215 e. The molecule has 0 bridgehead atoms. The van der Waals surface area contributed by atoms with Crippen LogP contribution in [0.4, 0.5) is 11.6 Å². The molecule has 0 radical (unpaired) electrons. The van der Waals surface area contributed by atoms with Crippen LogP contribution >= 0.6 is 0 Å². The topological polar surface area (TPSA) is 94.0 Å². The molecule has 1 heterocycles. The number of anilines is 2. The van der Waals surface area contributed by atoms with Crippen molar-refractivity contribution in [2.45, 2.75) is 31.2 Å². The van der Waals surface area contributed by atoms with Gasteiger partial charge in [0.25, 0.3) is 0 Å². The first-order chi connectivity index (χ1) is 9.72. The molecule has 6 heteroatoms. The van der Waals surface area contributed by atoms with Crippen LogP contribution in [-0.4, -0.2) is 22.1 Å². The monoisotopic (exact) mass is 272 g/mol. The van der Waals surface area contributed by atoms with Gasteiger partial charge in [0.15, 0.2) is 0 Å². The second-order valence-electron chi connectivity index (χ2n) is 5.13. The zero-order chi connectivity index (χ0) is 13.9. The normalized spacial score (nSPS) is 22.7. The second kappa shape index (κ2) is 5.32. The number of nitrogens with one attached hydrogen (secondary N) is 1. The molecule has 20 heavy (non-hydrogen) atoms. The molecule has 0 aliphatic heterocycles. The van der Waals surface area contributed by atoms with Gasteiger partial charge in [-0.2, -0.15) is 0 Å². The predicted octanol–water partition coefficient (Wildman–Crippen LogP) is 1.97. The minimum atomic E-state index is 0.00987. The van der Waals surface area contributed by atoms with Crippen molar-refractivity contribution in [2.24, 2.45) is 0 Å². The highest BCUT2D eigenvalue weighted by atomic mass is 16.6. The van der Waals surface area contributed by atoms with Crippen LogP contribution in [0.3, 0.4) is 0 Å². The first-order valence-electron chi connectivity index (χ1n) is 6.63. The molecule has 6 nitrogen and oxygen atoms in total. The molecule has 1 aliphatic carbocycles. The van der Waals surface area contributed by atoms with E-state index in [1.807, 2.05) is 18.2 Å². The third-order valence-electron chi connectivity index (χ3n) is 3.64. The Morgan fingerprint density at radius 3 is 2.70 bits per heavy atom. The van der Waals surface area contributed by atoms with E-state index in [0.717, 1.165) is 6.42 Å². The van der Waals surface area contributed by atoms with Gasteiger partial charge in [-0.15, -0.1) is 0 Å². The van der Waals surface area contributed by atoms with E-state index in [9.17, 15) is 4.79 Å². The summed E-state index contributed by atoms with van der Waals surface area (Å²) in [6.07, 6.45) is 1.94. The quantitative estimate of drug-likeness (QED) is 0.887. The highest BCUT2D eigenvalue weighted by Crippen LogP contribution is 2.32. The molecular weight excluding hydrogens is 256 g/mol. The van der Waals surface area contributed by atoms with Crippen molar-refractivity contribution in [2.75, 3.05) is 11.1 Å². The van der Waals surface area contributed by atoms with Crippen LogP contribution in [0.5, 0.6) is 0 Å². The molecule has 2 atom stereocenters. The van der Waals surface area contributed by atoms with E-state index in [2.05, 4.69) is 32.4 Å². The van der Waals surface area contributed by atoms with Crippen LogP contribution in [0.25, 0.3) is 0 Å². The standard InChI is InChI=1S/C14H16N4O2/c15-13-14(18-20-17-13)16-11-6-10(7-12(19)8-11)9-4-2-1-3-5-9/h1-5,10-11H,6-8H2,(H2,15,17)(H,16,18)/t10-,11+/m0/s1. The van der Waals surface area contributed by atoms with Crippen molar-refractivity contribution in [3.8, 4) is 0 Å². The second-order valence-corrected chi connectivity index (χ2v) is 5.13. The van der Waals surface area contributed by atoms with E-state index in [1.165, 1.54) is 5.56 Å². The van der Waals surface area contributed by atoms with Crippen LogP contribution < -0.4 is 11.1 Å². The maximum atomic E-state index is 11.9. The molecule has 1 aliphatic rings. The van der Waals surface area contributed by atoms with Crippen molar-refractivity contribution < 1.29 is 9.42 Å². The lowest BCUT2D eigenvalue weighted by atomic mass is 9.80. The average molecular weight is 272 g/mol. The van der Waals surface area contributed by atoms with Gasteiger partial charge in [0.2, 0.25) is 11.6 Å². The molecule has 3 rings (SSSR count). The number of carbonyl (C=O) groups is 1. The van der Waals surface area contributed by atoms with Crippen molar-refractivity contribution in [3.05, 3.63) is 35.9 Å². The Labute approximate surface area is 116 Å². The Morgan fingerprint density at radius 2 is 2.00 bits per heavy atom. The number of benzene rings is 1. The fraction of sp³-hybridized carbons (Fsp3) is 0.357. The first kappa shape index (κ1) is 12.7. The number of nitrogens with two attached hydrogens (primary N) is 1. The summed E-state index contributed by atoms with van der Waals surface area (Å²) < 4.78 is 4.55. The summed E-state index contributed by atoms with van der Waals surface area (Å²) in [5, 5.41) is 10.4. The number of hydrogen-bond donors (Lipinski definition) is 2. The molecule has 1 fully saturated rings. The molecular formula is C14H16N4O2. The number of ketones is 1. The molecule has 0 spiro atoms. The van der Waals surface area contributed by atoms with Gasteiger partial charge in [-0.25, -0.2) is 4.63 Å². The summed E-state index contributed by atoms with van der Waals surface area (Å²) in [6.45, 7) is 0. The van der Waals surface area contributed by atoms with Gasteiger partial charge in [-0.05, 0) is 28.2 Å². The molecule has 104 valence electrons. The highest BCUT2D eigenvalue weighted by molar-refractivity contribution is 5.81. The van der Waals surface area contributed by atoms with Gasteiger partial charge in [-0.3, -0.25) is 4.79 Å². The number of carbonyl (C=O) groups excluding carboxylic acids is 1. The van der Waals surface area contributed by atoms with Gasteiger partial charge in [-0.1, -0.05) is 30.3 Å². The highest BCUT2D eigenvalue weighted by Gasteiger charge is 2.29. The smallest absolute Gasteiger partial charge is 0.215 e. The van der Waals surface area contributed by atoms with E-state index < -0.39 is 0 Å². The summed E-state index contributed by atoms with van der Waals surface area (Å²) in [5.74, 6) is 1.12. The van der Waals surface area contributed by atoms with Crippen molar-refractivity contribution >= 4 is 17.4 Å². The first-order valence-corrected chi connectivity index (χ1v) is 6.63. The van der Waals surface area contributed by atoms with Crippen molar-refractivity contribution in [3.63, 3.8) is 0 Å². The van der Waals surface area contributed by atoms with Crippen LogP contribution in [0.1, 0.15) is 30.7 Å². The summed E-state index contributed by atoms with van der Waals surface area (Å²) in [7, 11) is 0. The number of rotatable bonds is 3. The molecule has 3 N–H and O–H groups in total.